The lowest BCUT2D eigenvalue weighted by Crippen LogP contribution is -2.47. The quantitative estimate of drug-likeness (QED) is 0.216. The summed E-state index contributed by atoms with van der Waals surface area (Å²) in [5.41, 5.74) is -13.2. The number of alkyl halides is 9. The van der Waals surface area contributed by atoms with Crippen LogP contribution < -0.4 is 0 Å². The van der Waals surface area contributed by atoms with E-state index in [4.69, 9.17) is 0 Å². The lowest BCUT2D eigenvalue weighted by Gasteiger charge is -2.36. The molecule has 0 saturated carbocycles. The van der Waals surface area contributed by atoms with E-state index in [1.807, 2.05) is 0 Å². The molecular weight excluding hydrogens is 513 g/mol. The van der Waals surface area contributed by atoms with Gasteiger partial charge in [-0.3, -0.25) is 10.1 Å². The first-order chi connectivity index (χ1) is 15.1. The van der Waals surface area contributed by atoms with E-state index in [1.54, 1.807) is 0 Å². The maximum atomic E-state index is 14.4. The summed E-state index contributed by atoms with van der Waals surface area (Å²) in [6.45, 7) is 0.927. The van der Waals surface area contributed by atoms with E-state index >= 15 is 0 Å². The summed E-state index contributed by atoms with van der Waals surface area (Å²) in [5, 5.41) is 11.0. The van der Waals surface area contributed by atoms with Crippen LogP contribution in [0.5, 0.6) is 0 Å². The van der Waals surface area contributed by atoms with Crippen molar-refractivity contribution < 1.29 is 57.0 Å². The van der Waals surface area contributed by atoms with Crippen LogP contribution in [0, 0.1) is 17.0 Å². The van der Waals surface area contributed by atoms with Crippen molar-refractivity contribution in [3.8, 4) is 0 Å². The van der Waals surface area contributed by atoms with Gasteiger partial charge in [-0.2, -0.15) is 47.9 Å². The molecule has 1 atom stereocenters. The highest BCUT2D eigenvalue weighted by atomic mass is 32.2. The van der Waals surface area contributed by atoms with Crippen LogP contribution in [0.1, 0.15) is 27.8 Å². The number of nitro benzene ring substituents is 1. The molecule has 0 amide bonds. The molecule has 34 heavy (non-hydrogen) atoms. The second-order valence-electron chi connectivity index (χ2n) is 7.02. The predicted octanol–water partition coefficient (Wildman–Crippen LogP) is 5.72. The predicted molar refractivity (Wildman–Crippen MR) is 97.0 cm³/mol. The minimum atomic E-state index is -5.97. The zero-order valence-corrected chi connectivity index (χ0v) is 17.6. The Balaban J connectivity index is 3.12. The molecule has 0 aliphatic carbocycles. The van der Waals surface area contributed by atoms with E-state index in [-0.39, 0.29) is 18.4 Å². The van der Waals surface area contributed by atoms with Crippen molar-refractivity contribution >= 4 is 15.8 Å². The van der Waals surface area contributed by atoms with Gasteiger partial charge < -0.3 is 0 Å². The number of nitrogens with zero attached hydrogens (tertiary/aromatic N) is 1. The molecule has 2 aromatic rings. The summed E-state index contributed by atoms with van der Waals surface area (Å²) in [4.78, 5) is 9.98. The van der Waals surface area contributed by atoms with Crippen LogP contribution in [-0.2, 0) is 32.3 Å². The van der Waals surface area contributed by atoms with Gasteiger partial charge in [-0.05, 0) is 42.8 Å². The van der Waals surface area contributed by atoms with Gasteiger partial charge in [0.05, 0.1) is 22.3 Å². The highest BCUT2D eigenvalue weighted by Gasteiger charge is 2.62. The molecule has 0 aliphatic rings. The van der Waals surface area contributed by atoms with Gasteiger partial charge in [0, 0.05) is 17.2 Å². The molecule has 1 unspecified atom stereocenters. The fourth-order valence-corrected chi connectivity index (χ4v) is 3.84. The molecule has 6 nitrogen and oxygen atoms in total. The van der Waals surface area contributed by atoms with Gasteiger partial charge in [-0.15, -0.1) is 0 Å². The largest absolute Gasteiger partial charge is 0.427 e. The highest BCUT2D eigenvalue weighted by Crippen LogP contribution is 2.51. The van der Waals surface area contributed by atoms with Gasteiger partial charge in [0.25, 0.3) is 15.8 Å². The van der Waals surface area contributed by atoms with Crippen molar-refractivity contribution in [2.45, 2.75) is 31.1 Å². The van der Waals surface area contributed by atoms with E-state index in [0.717, 1.165) is 6.92 Å². The molecule has 0 aliphatic heterocycles. The summed E-state index contributed by atoms with van der Waals surface area (Å²) < 4.78 is 151. The molecule has 0 N–H and O–H groups in total. The number of hydrogen-bond acceptors (Lipinski definition) is 5. The number of benzene rings is 2. The normalized spacial score (nSPS) is 15.1. The van der Waals surface area contributed by atoms with Crippen LogP contribution in [0.4, 0.5) is 45.2 Å². The molecule has 0 bridgehead atoms. The number of halogens is 9. The van der Waals surface area contributed by atoms with Gasteiger partial charge in [-0.1, -0.05) is 0 Å². The molecule has 0 spiro atoms. The van der Waals surface area contributed by atoms with Crippen molar-refractivity contribution in [2.24, 2.45) is 0 Å². The lowest BCUT2D eigenvalue weighted by atomic mass is 9.83. The van der Waals surface area contributed by atoms with Crippen LogP contribution in [0.15, 0.2) is 36.4 Å². The third-order valence-electron chi connectivity index (χ3n) is 4.47. The van der Waals surface area contributed by atoms with E-state index in [9.17, 15) is 58.0 Å². The molecule has 2 aromatic carbocycles. The lowest BCUT2D eigenvalue weighted by molar-refractivity contribution is -0.385. The Kier molecular flexibility index (Phi) is 6.77. The standard InChI is InChI=1S/C18H12F9NO5S/c1-9-5-10(3-4-14(9)28(29)30)15(18(25,26)27,33-34(2,31)32)11-6-12(16(19,20)21)8-13(7-11)17(22,23)24/h3-8H,1-2H3. The third-order valence-corrected chi connectivity index (χ3v) is 5.02. The molecule has 2 rings (SSSR count). The number of rotatable bonds is 5. The molecule has 188 valence electrons. The van der Waals surface area contributed by atoms with Crippen molar-refractivity contribution in [3.05, 3.63) is 74.3 Å². The molecule has 0 saturated heterocycles. The monoisotopic (exact) mass is 525 g/mol. The fraction of sp³-hybridized carbons (Fsp3) is 0.333. The third kappa shape index (κ3) is 5.43. The van der Waals surface area contributed by atoms with Crippen LogP contribution in [0.25, 0.3) is 0 Å². The second kappa shape index (κ2) is 8.41. The zero-order valence-electron chi connectivity index (χ0n) is 16.8. The average Bonchev–Trinajstić information content (AvgIpc) is 2.62. The summed E-state index contributed by atoms with van der Waals surface area (Å²) in [6, 6.07) is 0.0954. The van der Waals surface area contributed by atoms with Crippen LogP contribution >= 0.6 is 0 Å². The Morgan fingerprint density at radius 1 is 0.794 bits per heavy atom. The highest BCUT2D eigenvalue weighted by molar-refractivity contribution is 7.86. The fourth-order valence-electron chi connectivity index (χ4n) is 3.10. The Morgan fingerprint density at radius 3 is 1.56 bits per heavy atom. The van der Waals surface area contributed by atoms with Gasteiger partial charge in [0.2, 0.25) is 5.60 Å². The van der Waals surface area contributed by atoms with Crippen LogP contribution in [-0.4, -0.2) is 25.8 Å². The Labute approximate surface area is 185 Å². The van der Waals surface area contributed by atoms with E-state index < -0.39 is 78.7 Å². The second-order valence-corrected chi connectivity index (χ2v) is 8.59. The molecule has 0 radical (unpaired) electrons. The molecule has 0 aromatic heterocycles. The van der Waals surface area contributed by atoms with E-state index in [0.29, 0.717) is 18.2 Å². The van der Waals surface area contributed by atoms with E-state index in [1.165, 1.54) is 0 Å². The molecule has 0 fully saturated rings. The Bertz CT molecular complexity index is 1190. The first-order valence-corrected chi connectivity index (χ1v) is 10.4. The maximum Gasteiger partial charge on any atom is 0.427 e. The summed E-state index contributed by atoms with van der Waals surface area (Å²) >= 11 is 0. The summed E-state index contributed by atoms with van der Waals surface area (Å²) in [6.07, 6.45) is -17.0. The molecule has 0 heterocycles. The number of hydrogen-bond donors (Lipinski definition) is 0. The van der Waals surface area contributed by atoms with Crippen molar-refractivity contribution in [3.63, 3.8) is 0 Å². The SMILES string of the molecule is Cc1cc(C(OS(C)(=O)=O)(c2cc(C(F)(F)F)cc(C(F)(F)F)c2)C(F)(F)F)ccc1[N+](=O)[O-]. The van der Waals surface area contributed by atoms with Crippen LogP contribution in [0.3, 0.4) is 0 Å². The van der Waals surface area contributed by atoms with Gasteiger partial charge in [0.1, 0.15) is 0 Å². The van der Waals surface area contributed by atoms with Gasteiger partial charge in [-0.25, -0.2) is 4.18 Å². The first-order valence-electron chi connectivity index (χ1n) is 8.62. The Hall–Kier alpha value is -2.88. The molecular formula is C18H12F9NO5S. The topological polar surface area (TPSA) is 86.5 Å². The summed E-state index contributed by atoms with van der Waals surface area (Å²) in [5.74, 6) is 0. The molecule has 16 heteroatoms. The first kappa shape index (κ1) is 27.4. The number of nitro groups is 1. The van der Waals surface area contributed by atoms with Crippen molar-refractivity contribution in [2.75, 3.05) is 6.26 Å². The van der Waals surface area contributed by atoms with Gasteiger partial charge >= 0.3 is 18.5 Å². The van der Waals surface area contributed by atoms with Crippen molar-refractivity contribution in [1.82, 2.24) is 0 Å². The minimum absolute atomic E-state index is 0.101. The van der Waals surface area contributed by atoms with Gasteiger partial charge in [0.15, 0.2) is 0 Å². The maximum absolute atomic E-state index is 14.4. The van der Waals surface area contributed by atoms with Crippen molar-refractivity contribution in [1.29, 1.82) is 0 Å². The zero-order chi connectivity index (χ0) is 26.5. The summed E-state index contributed by atoms with van der Waals surface area (Å²) in [7, 11) is -5.21. The average molecular weight is 525 g/mol. The van der Waals surface area contributed by atoms with E-state index in [2.05, 4.69) is 4.18 Å². The number of aryl methyl sites for hydroxylation is 1. The minimum Gasteiger partial charge on any atom is -0.258 e. The Morgan fingerprint density at radius 2 is 1.24 bits per heavy atom. The smallest absolute Gasteiger partial charge is 0.258 e. The van der Waals surface area contributed by atoms with Crippen LogP contribution in [0.2, 0.25) is 0 Å².